The van der Waals surface area contributed by atoms with E-state index in [2.05, 4.69) is 34.1 Å². The van der Waals surface area contributed by atoms with Crippen molar-refractivity contribution in [1.82, 2.24) is 15.0 Å². The molecule has 0 amide bonds. The molecule has 3 heterocycles. The maximum atomic E-state index is 9.08. The molecule has 6 nitrogen and oxygen atoms in total. The van der Waals surface area contributed by atoms with Crippen LogP contribution in [0.3, 0.4) is 0 Å². The maximum Gasteiger partial charge on any atom is 0.258 e. The molecule has 150 valence electrons. The molecule has 0 bridgehead atoms. The Labute approximate surface area is 174 Å². The molecule has 2 aromatic carbocycles. The van der Waals surface area contributed by atoms with Gasteiger partial charge in [0.15, 0.2) is 0 Å². The minimum absolute atomic E-state index is 0.398. The third-order valence-corrected chi connectivity index (χ3v) is 5.83. The van der Waals surface area contributed by atoms with Crippen LogP contribution < -0.4 is 0 Å². The Morgan fingerprint density at radius 1 is 1.17 bits per heavy atom. The fourth-order valence-electron chi connectivity index (χ4n) is 4.12. The Bertz CT molecular complexity index is 1230. The predicted molar refractivity (Wildman–Crippen MR) is 114 cm³/mol. The van der Waals surface area contributed by atoms with Gasteiger partial charge in [0.2, 0.25) is 5.82 Å². The standard InChI is InChI=1S/C24H22N4O2/c1-16-4-3-10-28(16)11-9-21-14-20-13-18(7-8-22(20)29-21)23-26-24(30-27-23)19-6-2-5-17(12-19)15-25/h2,5-8,12-14,16H,3-4,9-11H2,1H3/t16-/m1/s1. The number of nitriles is 1. The van der Waals surface area contributed by atoms with E-state index < -0.39 is 0 Å². The van der Waals surface area contributed by atoms with E-state index in [4.69, 9.17) is 14.2 Å². The van der Waals surface area contributed by atoms with Crippen LogP contribution in [-0.2, 0) is 6.42 Å². The molecule has 0 saturated carbocycles. The minimum Gasteiger partial charge on any atom is -0.461 e. The Hall–Kier alpha value is -3.43. The van der Waals surface area contributed by atoms with Crippen LogP contribution in [-0.4, -0.2) is 34.2 Å². The molecule has 0 aliphatic carbocycles. The third kappa shape index (κ3) is 3.60. The molecule has 0 radical (unpaired) electrons. The summed E-state index contributed by atoms with van der Waals surface area (Å²) in [6, 6.07) is 18.0. The van der Waals surface area contributed by atoms with E-state index in [1.54, 1.807) is 18.2 Å². The molecule has 1 atom stereocenters. The number of fused-ring (bicyclic) bond motifs is 1. The van der Waals surface area contributed by atoms with Crippen LogP contribution in [0.1, 0.15) is 31.1 Å². The zero-order chi connectivity index (χ0) is 20.5. The van der Waals surface area contributed by atoms with Crippen LogP contribution in [0.5, 0.6) is 0 Å². The first-order chi connectivity index (χ1) is 14.7. The van der Waals surface area contributed by atoms with Gasteiger partial charge < -0.3 is 13.8 Å². The van der Waals surface area contributed by atoms with Crippen molar-refractivity contribution in [1.29, 1.82) is 5.26 Å². The van der Waals surface area contributed by atoms with E-state index >= 15 is 0 Å². The van der Waals surface area contributed by atoms with Gasteiger partial charge in [0.05, 0.1) is 11.6 Å². The molecular formula is C24H22N4O2. The molecule has 30 heavy (non-hydrogen) atoms. The minimum atomic E-state index is 0.398. The van der Waals surface area contributed by atoms with Crippen LogP contribution >= 0.6 is 0 Å². The highest BCUT2D eigenvalue weighted by atomic mass is 16.5. The van der Waals surface area contributed by atoms with Gasteiger partial charge in [0.1, 0.15) is 11.3 Å². The number of nitrogens with zero attached hydrogens (tertiary/aromatic N) is 4. The monoisotopic (exact) mass is 398 g/mol. The normalized spacial score (nSPS) is 16.9. The lowest BCUT2D eigenvalue weighted by Crippen LogP contribution is -2.28. The fourth-order valence-corrected chi connectivity index (χ4v) is 4.12. The summed E-state index contributed by atoms with van der Waals surface area (Å²) in [6.45, 7) is 4.51. The van der Waals surface area contributed by atoms with Crippen molar-refractivity contribution in [2.75, 3.05) is 13.1 Å². The molecule has 1 fully saturated rings. The van der Waals surface area contributed by atoms with Crippen LogP contribution in [0.25, 0.3) is 33.8 Å². The number of rotatable bonds is 5. The number of furan rings is 1. The van der Waals surface area contributed by atoms with Gasteiger partial charge in [-0.05, 0) is 68.8 Å². The number of likely N-dealkylation sites (tertiary alicyclic amines) is 1. The lowest BCUT2D eigenvalue weighted by molar-refractivity contribution is 0.266. The summed E-state index contributed by atoms with van der Waals surface area (Å²) in [5.74, 6) is 1.92. The van der Waals surface area contributed by atoms with Crippen molar-refractivity contribution in [2.24, 2.45) is 0 Å². The van der Waals surface area contributed by atoms with Crippen molar-refractivity contribution in [3.8, 4) is 28.9 Å². The SMILES string of the molecule is C[C@@H]1CCCN1CCc1cc2cc(-c3noc(-c4cccc(C#N)c4)n3)ccc2o1. The molecule has 5 rings (SSSR count). The van der Waals surface area contributed by atoms with Gasteiger partial charge in [-0.25, -0.2) is 0 Å². The van der Waals surface area contributed by atoms with E-state index in [-0.39, 0.29) is 0 Å². The van der Waals surface area contributed by atoms with Crippen molar-refractivity contribution < 1.29 is 8.94 Å². The van der Waals surface area contributed by atoms with Crippen molar-refractivity contribution in [3.05, 3.63) is 59.9 Å². The van der Waals surface area contributed by atoms with E-state index in [1.165, 1.54) is 19.4 Å². The number of aromatic nitrogens is 2. The Balaban J connectivity index is 1.36. The largest absolute Gasteiger partial charge is 0.461 e. The van der Waals surface area contributed by atoms with Crippen molar-refractivity contribution in [3.63, 3.8) is 0 Å². The topological polar surface area (TPSA) is 79.1 Å². The average Bonchev–Trinajstić information content (AvgIpc) is 3.51. The summed E-state index contributed by atoms with van der Waals surface area (Å²) in [4.78, 5) is 7.04. The van der Waals surface area contributed by atoms with Crippen molar-refractivity contribution in [2.45, 2.75) is 32.2 Å². The van der Waals surface area contributed by atoms with Crippen LogP contribution in [0.2, 0.25) is 0 Å². The highest BCUT2D eigenvalue weighted by Gasteiger charge is 2.20. The van der Waals surface area contributed by atoms with Gasteiger partial charge in [0.25, 0.3) is 5.89 Å². The summed E-state index contributed by atoms with van der Waals surface area (Å²) < 4.78 is 11.5. The van der Waals surface area contributed by atoms with Gasteiger partial charge in [-0.2, -0.15) is 10.2 Å². The highest BCUT2D eigenvalue weighted by molar-refractivity contribution is 5.83. The number of hydrogen-bond donors (Lipinski definition) is 0. The van der Waals surface area contributed by atoms with Gasteiger partial charge in [-0.15, -0.1) is 0 Å². The van der Waals surface area contributed by atoms with Crippen LogP contribution in [0.15, 0.2) is 57.5 Å². The Morgan fingerprint density at radius 3 is 2.93 bits per heavy atom. The first-order valence-corrected chi connectivity index (χ1v) is 10.3. The molecule has 1 aliphatic heterocycles. The summed E-state index contributed by atoms with van der Waals surface area (Å²) in [5, 5.41) is 14.2. The molecule has 0 spiro atoms. The molecule has 4 aromatic rings. The molecule has 1 saturated heterocycles. The molecule has 6 heteroatoms. The second-order valence-electron chi connectivity index (χ2n) is 7.86. The van der Waals surface area contributed by atoms with Gasteiger partial charge in [-0.1, -0.05) is 11.2 Å². The molecule has 0 unspecified atom stereocenters. The van der Waals surface area contributed by atoms with Crippen LogP contribution in [0, 0.1) is 11.3 Å². The van der Waals surface area contributed by atoms with Gasteiger partial charge >= 0.3 is 0 Å². The Morgan fingerprint density at radius 2 is 2.10 bits per heavy atom. The number of benzene rings is 2. The molecule has 1 aliphatic rings. The highest BCUT2D eigenvalue weighted by Crippen LogP contribution is 2.28. The molecular weight excluding hydrogens is 376 g/mol. The summed E-state index contributed by atoms with van der Waals surface area (Å²) in [7, 11) is 0. The van der Waals surface area contributed by atoms with Crippen molar-refractivity contribution >= 4 is 11.0 Å². The number of hydrogen-bond acceptors (Lipinski definition) is 6. The van der Waals surface area contributed by atoms with Gasteiger partial charge in [-0.3, -0.25) is 0 Å². The first kappa shape index (κ1) is 18.6. The quantitative estimate of drug-likeness (QED) is 0.468. The van der Waals surface area contributed by atoms with E-state index in [9.17, 15) is 0 Å². The summed E-state index contributed by atoms with van der Waals surface area (Å²) >= 11 is 0. The van der Waals surface area contributed by atoms with Gasteiger partial charge in [0, 0.05) is 35.5 Å². The summed E-state index contributed by atoms with van der Waals surface area (Å²) in [5.41, 5.74) is 3.03. The van der Waals surface area contributed by atoms with E-state index in [1.807, 2.05) is 24.3 Å². The average molecular weight is 398 g/mol. The maximum absolute atomic E-state index is 9.08. The lowest BCUT2D eigenvalue weighted by atomic mass is 10.1. The van der Waals surface area contributed by atoms with E-state index in [0.717, 1.165) is 40.8 Å². The first-order valence-electron chi connectivity index (χ1n) is 10.3. The Kier molecular flexibility index (Phi) is 4.82. The molecule has 0 N–H and O–H groups in total. The second-order valence-corrected chi connectivity index (χ2v) is 7.86. The smallest absolute Gasteiger partial charge is 0.258 e. The fraction of sp³-hybridized carbons (Fsp3) is 0.292. The van der Waals surface area contributed by atoms with Crippen LogP contribution in [0.4, 0.5) is 0 Å². The summed E-state index contributed by atoms with van der Waals surface area (Å²) in [6.07, 6.45) is 3.49. The lowest BCUT2D eigenvalue weighted by Gasteiger charge is -2.19. The third-order valence-electron chi connectivity index (χ3n) is 5.83. The zero-order valence-corrected chi connectivity index (χ0v) is 16.8. The predicted octanol–water partition coefficient (Wildman–Crippen LogP) is 5.05. The second kappa shape index (κ2) is 7.77. The van der Waals surface area contributed by atoms with E-state index in [0.29, 0.717) is 23.3 Å². The molecule has 2 aromatic heterocycles. The zero-order valence-electron chi connectivity index (χ0n) is 16.8.